The largest absolute Gasteiger partial charge is 0.377 e. The highest BCUT2D eigenvalue weighted by Gasteiger charge is 2.27. The summed E-state index contributed by atoms with van der Waals surface area (Å²) in [5.41, 5.74) is 5.72. The van der Waals surface area contributed by atoms with E-state index in [1.54, 1.807) is 7.11 Å². The van der Waals surface area contributed by atoms with Gasteiger partial charge in [-0.1, -0.05) is 31.5 Å². The Kier molecular flexibility index (Phi) is 7.39. The van der Waals surface area contributed by atoms with Gasteiger partial charge in [-0.05, 0) is 67.0 Å². The fraction of sp³-hybridized carbons (Fsp3) is 0.407. The lowest BCUT2D eigenvalue weighted by Crippen LogP contribution is -2.38. The quantitative estimate of drug-likeness (QED) is 0.551. The zero-order valence-corrected chi connectivity index (χ0v) is 20.1. The van der Waals surface area contributed by atoms with E-state index in [1.807, 2.05) is 42.2 Å². The Morgan fingerprint density at radius 3 is 2.59 bits per heavy atom. The standard InChI is InChI=1S/C27H31N5O2/c1-4-5-22-14-18(2)23(26-29-25(17-34-3)30-31-26)15-24(22)27(33)32-12-10-21(11-13-32)20-8-6-19(16-28)7-9-20/h6-9,14-15,21H,4-5,10-13,17H2,1-3H3,(H,29,30,31). The van der Waals surface area contributed by atoms with Crippen LogP contribution in [0.2, 0.25) is 0 Å². The third-order valence-electron chi connectivity index (χ3n) is 6.56. The number of H-pyrrole nitrogens is 1. The molecule has 1 aromatic heterocycles. The number of aryl methyl sites for hydroxylation is 2. The van der Waals surface area contributed by atoms with Crippen LogP contribution in [-0.2, 0) is 17.8 Å². The molecule has 2 heterocycles. The number of nitrogens with one attached hydrogen (secondary N) is 1. The number of carbonyl (C=O) groups is 1. The van der Waals surface area contributed by atoms with E-state index >= 15 is 0 Å². The van der Waals surface area contributed by atoms with E-state index in [-0.39, 0.29) is 5.91 Å². The monoisotopic (exact) mass is 457 g/mol. The number of ether oxygens (including phenoxy) is 1. The Bertz CT molecular complexity index is 1180. The summed E-state index contributed by atoms with van der Waals surface area (Å²) in [6.45, 7) is 5.98. The number of aromatic nitrogens is 3. The van der Waals surface area contributed by atoms with Crippen molar-refractivity contribution in [2.75, 3.05) is 20.2 Å². The van der Waals surface area contributed by atoms with Gasteiger partial charge in [0.25, 0.3) is 5.91 Å². The Labute approximate surface area is 200 Å². The molecule has 0 saturated carbocycles. The molecule has 1 aliphatic heterocycles. The minimum atomic E-state index is 0.0830. The molecule has 0 aliphatic carbocycles. The van der Waals surface area contributed by atoms with Crippen LogP contribution in [0.25, 0.3) is 11.4 Å². The second-order valence-electron chi connectivity index (χ2n) is 8.93. The molecule has 1 fully saturated rings. The SMILES string of the molecule is CCCc1cc(C)c(-c2nnc(COC)[nH]2)cc1C(=O)N1CCC(c2ccc(C#N)cc2)CC1. The molecule has 0 spiro atoms. The number of nitriles is 1. The lowest BCUT2D eigenvalue weighted by molar-refractivity contribution is 0.0712. The van der Waals surface area contributed by atoms with E-state index in [2.05, 4.69) is 34.2 Å². The van der Waals surface area contributed by atoms with Crippen molar-refractivity contribution in [1.29, 1.82) is 5.26 Å². The highest BCUT2D eigenvalue weighted by molar-refractivity contribution is 5.97. The average molecular weight is 458 g/mol. The van der Waals surface area contributed by atoms with Gasteiger partial charge in [0.2, 0.25) is 0 Å². The Morgan fingerprint density at radius 2 is 1.94 bits per heavy atom. The number of likely N-dealkylation sites (tertiary alicyclic amines) is 1. The van der Waals surface area contributed by atoms with Gasteiger partial charge in [0.15, 0.2) is 11.6 Å². The number of hydrogen-bond acceptors (Lipinski definition) is 5. The number of rotatable bonds is 7. The number of aromatic amines is 1. The van der Waals surface area contributed by atoms with Gasteiger partial charge in [0.1, 0.15) is 6.61 Å². The smallest absolute Gasteiger partial charge is 0.254 e. The van der Waals surface area contributed by atoms with Crippen LogP contribution < -0.4 is 0 Å². The molecule has 1 saturated heterocycles. The summed E-state index contributed by atoms with van der Waals surface area (Å²) >= 11 is 0. The summed E-state index contributed by atoms with van der Waals surface area (Å²) < 4.78 is 5.14. The van der Waals surface area contributed by atoms with Gasteiger partial charge in [-0.3, -0.25) is 4.79 Å². The molecule has 7 nitrogen and oxygen atoms in total. The number of amides is 1. The van der Waals surface area contributed by atoms with Gasteiger partial charge < -0.3 is 14.6 Å². The third kappa shape index (κ3) is 5.02. The van der Waals surface area contributed by atoms with Gasteiger partial charge in [-0.25, -0.2) is 0 Å². The average Bonchev–Trinajstić information content (AvgIpc) is 3.33. The number of hydrogen-bond donors (Lipinski definition) is 1. The van der Waals surface area contributed by atoms with Crippen molar-refractivity contribution in [3.63, 3.8) is 0 Å². The predicted octanol–water partition coefficient (Wildman–Crippen LogP) is 4.77. The summed E-state index contributed by atoms with van der Waals surface area (Å²) in [4.78, 5) is 18.8. The van der Waals surface area contributed by atoms with Crippen molar-refractivity contribution in [1.82, 2.24) is 20.1 Å². The van der Waals surface area contributed by atoms with Crippen LogP contribution in [0.4, 0.5) is 0 Å². The first-order chi connectivity index (χ1) is 16.5. The number of carbonyl (C=O) groups excluding carboxylic acids is 1. The summed E-state index contributed by atoms with van der Waals surface area (Å²) in [7, 11) is 1.62. The summed E-state index contributed by atoms with van der Waals surface area (Å²) in [5, 5.41) is 17.5. The molecular formula is C27H31N5O2. The Balaban J connectivity index is 1.55. The number of methoxy groups -OCH3 is 1. The molecule has 2 aromatic carbocycles. The van der Waals surface area contributed by atoms with Crippen LogP contribution in [0.15, 0.2) is 36.4 Å². The molecule has 1 amide bonds. The van der Waals surface area contributed by atoms with E-state index in [4.69, 9.17) is 10.00 Å². The van der Waals surface area contributed by atoms with Gasteiger partial charge in [-0.2, -0.15) is 5.26 Å². The molecule has 7 heteroatoms. The van der Waals surface area contributed by atoms with E-state index in [0.717, 1.165) is 61.0 Å². The maximum Gasteiger partial charge on any atom is 0.254 e. The van der Waals surface area contributed by atoms with Gasteiger partial charge in [0.05, 0.1) is 11.6 Å². The minimum absolute atomic E-state index is 0.0830. The normalized spacial score (nSPS) is 14.2. The first kappa shape index (κ1) is 23.7. The van der Waals surface area contributed by atoms with Crippen LogP contribution in [0.5, 0.6) is 0 Å². The number of piperidine rings is 1. The first-order valence-electron chi connectivity index (χ1n) is 11.9. The molecule has 0 unspecified atom stereocenters. The first-order valence-corrected chi connectivity index (χ1v) is 11.9. The fourth-order valence-electron chi connectivity index (χ4n) is 4.73. The molecule has 1 N–H and O–H groups in total. The van der Waals surface area contributed by atoms with Crippen molar-refractivity contribution in [3.8, 4) is 17.5 Å². The zero-order chi connectivity index (χ0) is 24.1. The van der Waals surface area contributed by atoms with Gasteiger partial charge >= 0.3 is 0 Å². The highest BCUT2D eigenvalue weighted by Crippen LogP contribution is 2.31. The molecule has 34 heavy (non-hydrogen) atoms. The highest BCUT2D eigenvalue weighted by atomic mass is 16.5. The Morgan fingerprint density at radius 1 is 1.21 bits per heavy atom. The molecule has 0 bridgehead atoms. The number of nitrogens with zero attached hydrogens (tertiary/aromatic N) is 4. The van der Waals surface area contributed by atoms with Crippen molar-refractivity contribution in [2.45, 2.75) is 52.1 Å². The van der Waals surface area contributed by atoms with Crippen LogP contribution in [0.3, 0.4) is 0 Å². The van der Waals surface area contributed by atoms with Crippen LogP contribution in [0, 0.1) is 18.3 Å². The minimum Gasteiger partial charge on any atom is -0.377 e. The maximum atomic E-state index is 13.6. The topological polar surface area (TPSA) is 94.9 Å². The van der Waals surface area contributed by atoms with E-state index < -0.39 is 0 Å². The third-order valence-corrected chi connectivity index (χ3v) is 6.56. The molecule has 176 valence electrons. The van der Waals surface area contributed by atoms with E-state index in [9.17, 15) is 4.79 Å². The van der Waals surface area contributed by atoms with Crippen molar-refractivity contribution < 1.29 is 9.53 Å². The second kappa shape index (κ2) is 10.6. The van der Waals surface area contributed by atoms with Crippen molar-refractivity contribution in [2.24, 2.45) is 0 Å². The Hall–Kier alpha value is -3.50. The molecule has 4 rings (SSSR count). The number of benzene rings is 2. The van der Waals surface area contributed by atoms with Crippen LogP contribution in [-0.4, -0.2) is 46.2 Å². The van der Waals surface area contributed by atoms with Crippen molar-refractivity contribution in [3.05, 3.63) is 70.0 Å². The molecule has 3 aromatic rings. The van der Waals surface area contributed by atoms with Crippen LogP contribution >= 0.6 is 0 Å². The molecule has 0 radical (unpaired) electrons. The van der Waals surface area contributed by atoms with Crippen LogP contribution in [0.1, 0.15) is 70.5 Å². The van der Waals surface area contributed by atoms with Gasteiger partial charge in [0, 0.05) is 31.3 Å². The van der Waals surface area contributed by atoms with E-state index in [1.165, 1.54) is 5.56 Å². The summed E-state index contributed by atoms with van der Waals surface area (Å²) in [5.74, 6) is 1.81. The summed E-state index contributed by atoms with van der Waals surface area (Å²) in [6.07, 6.45) is 3.67. The maximum absolute atomic E-state index is 13.6. The lowest BCUT2D eigenvalue weighted by atomic mass is 9.88. The second-order valence-corrected chi connectivity index (χ2v) is 8.93. The summed E-state index contributed by atoms with van der Waals surface area (Å²) in [6, 6.07) is 14.1. The fourth-order valence-corrected chi connectivity index (χ4v) is 4.73. The predicted molar refractivity (Wildman–Crippen MR) is 130 cm³/mol. The molecule has 1 aliphatic rings. The van der Waals surface area contributed by atoms with Gasteiger partial charge in [-0.15, -0.1) is 10.2 Å². The van der Waals surface area contributed by atoms with E-state index in [0.29, 0.717) is 29.7 Å². The van der Waals surface area contributed by atoms with Crippen molar-refractivity contribution >= 4 is 5.91 Å². The lowest BCUT2D eigenvalue weighted by Gasteiger charge is -2.33. The molecule has 0 atom stereocenters. The zero-order valence-electron chi connectivity index (χ0n) is 20.1. The molecular weight excluding hydrogens is 426 g/mol.